The molecule has 35 heavy (non-hydrogen) atoms. The number of amides is 2. The molecule has 1 atom stereocenters. The Labute approximate surface area is 204 Å². The summed E-state index contributed by atoms with van der Waals surface area (Å²) >= 11 is 0. The van der Waals surface area contributed by atoms with Crippen molar-refractivity contribution in [2.75, 3.05) is 32.9 Å². The van der Waals surface area contributed by atoms with Crippen molar-refractivity contribution in [1.82, 2.24) is 9.91 Å². The third kappa shape index (κ3) is 5.10. The largest absolute Gasteiger partial charge is 0.483 e. The highest BCUT2D eigenvalue weighted by Crippen LogP contribution is 2.38. The molecule has 3 aromatic rings. The van der Waals surface area contributed by atoms with Crippen molar-refractivity contribution in [2.45, 2.75) is 12.5 Å². The molecule has 1 fully saturated rings. The van der Waals surface area contributed by atoms with Crippen LogP contribution in [-0.4, -0.2) is 60.3 Å². The molecular formula is C28H27N3O4. The van der Waals surface area contributed by atoms with Gasteiger partial charge in [0.15, 0.2) is 6.61 Å². The van der Waals surface area contributed by atoms with Gasteiger partial charge in [-0.25, -0.2) is 5.01 Å². The molecule has 0 radical (unpaired) electrons. The van der Waals surface area contributed by atoms with E-state index in [-0.39, 0.29) is 24.5 Å². The Morgan fingerprint density at radius 1 is 0.886 bits per heavy atom. The number of hydrogen-bond donors (Lipinski definition) is 0. The monoisotopic (exact) mass is 469 g/mol. The molecular weight excluding hydrogens is 442 g/mol. The van der Waals surface area contributed by atoms with E-state index in [0.29, 0.717) is 44.0 Å². The van der Waals surface area contributed by atoms with E-state index in [1.165, 1.54) is 0 Å². The number of benzene rings is 3. The molecule has 0 spiro atoms. The zero-order valence-corrected chi connectivity index (χ0v) is 19.4. The minimum atomic E-state index is -0.354. The van der Waals surface area contributed by atoms with Crippen molar-refractivity contribution < 1.29 is 19.1 Å². The Kier molecular flexibility index (Phi) is 6.86. The second-order valence-electron chi connectivity index (χ2n) is 8.47. The van der Waals surface area contributed by atoms with E-state index in [4.69, 9.17) is 14.6 Å². The molecule has 2 aliphatic heterocycles. The average Bonchev–Trinajstić information content (AvgIpc) is 3.38. The van der Waals surface area contributed by atoms with Gasteiger partial charge in [0.05, 0.1) is 25.0 Å². The summed E-state index contributed by atoms with van der Waals surface area (Å²) in [7, 11) is 0. The van der Waals surface area contributed by atoms with E-state index < -0.39 is 0 Å². The van der Waals surface area contributed by atoms with Gasteiger partial charge in [-0.2, -0.15) is 5.10 Å². The number of nitrogens with zero attached hydrogens (tertiary/aromatic N) is 3. The zero-order valence-electron chi connectivity index (χ0n) is 19.4. The van der Waals surface area contributed by atoms with Gasteiger partial charge in [-0.15, -0.1) is 0 Å². The maximum Gasteiger partial charge on any atom is 0.274 e. The quantitative estimate of drug-likeness (QED) is 0.549. The topological polar surface area (TPSA) is 71.4 Å². The molecule has 1 saturated heterocycles. The molecule has 0 saturated carbocycles. The van der Waals surface area contributed by atoms with Crippen LogP contribution < -0.4 is 4.74 Å². The van der Waals surface area contributed by atoms with E-state index in [0.717, 1.165) is 16.8 Å². The van der Waals surface area contributed by atoms with Gasteiger partial charge in [-0.05, 0) is 23.8 Å². The fourth-order valence-electron chi connectivity index (χ4n) is 4.39. The number of hydrazone groups is 1. The van der Waals surface area contributed by atoms with Crippen molar-refractivity contribution in [3.8, 4) is 5.75 Å². The number of carbonyl (C=O) groups is 2. The SMILES string of the molecule is O=C(COc1ccccc1[C@H]1CC(c2ccccc2)=NN1C(=O)c1ccccc1)N1CCOCC1. The van der Waals surface area contributed by atoms with E-state index in [1.807, 2.05) is 72.8 Å². The predicted octanol–water partition coefficient (Wildman–Crippen LogP) is 3.92. The number of carbonyl (C=O) groups excluding carboxylic acids is 2. The van der Waals surface area contributed by atoms with Crippen molar-refractivity contribution >= 4 is 17.5 Å². The van der Waals surface area contributed by atoms with Crippen molar-refractivity contribution in [1.29, 1.82) is 0 Å². The Morgan fingerprint density at radius 2 is 1.54 bits per heavy atom. The van der Waals surface area contributed by atoms with Gasteiger partial charge in [0.25, 0.3) is 11.8 Å². The molecule has 0 aliphatic carbocycles. The van der Waals surface area contributed by atoms with Crippen molar-refractivity contribution in [3.63, 3.8) is 0 Å². The summed E-state index contributed by atoms with van der Waals surface area (Å²) in [6, 6.07) is 26.2. The molecule has 0 bridgehead atoms. The number of para-hydroxylation sites is 1. The first-order valence-electron chi connectivity index (χ1n) is 11.8. The van der Waals surface area contributed by atoms with Gasteiger partial charge in [-0.3, -0.25) is 9.59 Å². The van der Waals surface area contributed by atoms with Crippen LogP contribution >= 0.6 is 0 Å². The number of ether oxygens (including phenoxy) is 2. The Morgan fingerprint density at radius 3 is 2.29 bits per heavy atom. The predicted molar refractivity (Wildman–Crippen MR) is 132 cm³/mol. The van der Waals surface area contributed by atoms with Gasteiger partial charge < -0.3 is 14.4 Å². The van der Waals surface area contributed by atoms with E-state index >= 15 is 0 Å². The lowest BCUT2D eigenvalue weighted by molar-refractivity contribution is -0.137. The summed E-state index contributed by atoms with van der Waals surface area (Å²) in [5, 5.41) is 6.30. The van der Waals surface area contributed by atoms with Crippen LogP contribution in [0.25, 0.3) is 0 Å². The van der Waals surface area contributed by atoms with Crippen LogP contribution in [0, 0.1) is 0 Å². The summed E-state index contributed by atoms with van der Waals surface area (Å²) in [4.78, 5) is 27.9. The summed E-state index contributed by atoms with van der Waals surface area (Å²) in [6.07, 6.45) is 0.542. The molecule has 5 rings (SSSR count). The number of rotatable bonds is 6. The summed E-state index contributed by atoms with van der Waals surface area (Å²) in [5.74, 6) is 0.322. The van der Waals surface area contributed by atoms with Gasteiger partial charge in [0.2, 0.25) is 0 Å². The Balaban J connectivity index is 1.42. The van der Waals surface area contributed by atoms with Crippen LogP contribution in [0.3, 0.4) is 0 Å². The highest BCUT2D eigenvalue weighted by atomic mass is 16.5. The molecule has 2 heterocycles. The third-order valence-electron chi connectivity index (χ3n) is 6.24. The molecule has 7 heteroatoms. The van der Waals surface area contributed by atoms with E-state index in [9.17, 15) is 9.59 Å². The first-order valence-corrected chi connectivity index (χ1v) is 11.8. The Bertz CT molecular complexity index is 1210. The van der Waals surface area contributed by atoms with Crippen LogP contribution in [0.15, 0.2) is 90.0 Å². The fourth-order valence-corrected chi connectivity index (χ4v) is 4.39. The first-order chi connectivity index (χ1) is 17.2. The van der Waals surface area contributed by atoms with Gasteiger partial charge in [-0.1, -0.05) is 66.7 Å². The van der Waals surface area contributed by atoms with Gasteiger partial charge in [0.1, 0.15) is 5.75 Å². The molecule has 2 amide bonds. The standard InChI is InChI=1S/C28H27N3O4/c32-27(30-15-17-34-18-16-30)20-35-26-14-8-7-13-23(26)25-19-24(21-9-3-1-4-10-21)29-31(25)28(33)22-11-5-2-6-12-22/h1-14,25H,15-20H2/t25-/m1/s1. The van der Waals surface area contributed by atoms with Crippen molar-refractivity contribution in [3.05, 3.63) is 102 Å². The normalized spacial score (nSPS) is 17.7. The van der Waals surface area contributed by atoms with Crippen LogP contribution in [0.5, 0.6) is 5.75 Å². The van der Waals surface area contributed by atoms with E-state index in [2.05, 4.69) is 0 Å². The second-order valence-corrected chi connectivity index (χ2v) is 8.47. The maximum atomic E-state index is 13.5. The highest BCUT2D eigenvalue weighted by molar-refractivity contribution is 6.05. The van der Waals surface area contributed by atoms with Gasteiger partial charge in [0, 0.05) is 30.6 Å². The molecule has 178 valence electrons. The van der Waals surface area contributed by atoms with Crippen LogP contribution in [0.2, 0.25) is 0 Å². The summed E-state index contributed by atoms with van der Waals surface area (Å²) in [5.41, 5.74) is 3.19. The molecule has 2 aliphatic rings. The third-order valence-corrected chi connectivity index (χ3v) is 6.24. The minimum Gasteiger partial charge on any atom is -0.483 e. The Hall–Kier alpha value is -3.97. The van der Waals surface area contributed by atoms with E-state index in [1.54, 1.807) is 22.0 Å². The minimum absolute atomic E-state index is 0.0667. The smallest absolute Gasteiger partial charge is 0.274 e. The second kappa shape index (κ2) is 10.5. The molecule has 0 N–H and O–H groups in total. The number of hydrogen-bond acceptors (Lipinski definition) is 5. The van der Waals surface area contributed by atoms with Crippen LogP contribution in [-0.2, 0) is 9.53 Å². The highest BCUT2D eigenvalue weighted by Gasteiger charge is 2.35. The zero-order chi connectivity index (χ0) is 24.0. The lowest BCUT2D eigenvalue weighted by Gasteiger charge is -2.27. The van der Waals surface area contributed by atoms with Crippen LogP contribution in [0.4, 0.5) is 0 Å². The fraction of sp³-hybridized carbons (Fsp3) is 0.250. The molecule has 7 nitrogen and oxygen atoms in total. The maximum absolute atomic E-state index is 13.5. The summed E-state index contributed by atoms with van der Waals surface area (Å²) < 4.78 is 11.3. The molecule has 3 aromatic carbocycles. The lowest BCUT2D eigenvalue weighted by atomic mass is 9.97. The first kappa shape index (κ1) is 22.8. The summed E-state index contributed by atoms with van der Waals surface area (Å²) in [6.45, 7) is 2.16. The molecule has 0 unspecified atom stereocenters. The molecule has 0 aromatic heterocycles. The van der Waals surface area contributed by atoms with Crippen molar-refractivity contribution in [2.24, 2.45) is 5.10 Å². The lowest BCUT2D eigenvalue weighted by Crippen LogP contribution is -2.43. The van der Waals surface area contributed by atoms with Gasteiger partial charge >= 0.3 is 0 Å². The van der Waals surface area contributed by atoms with Crippen LogP contribution in [0.1, 0.15) is 33.9 Å². The number of morpholine rings is 1. The average molecular weight is 470 g/mol.